The van der Waals surface area contributed by atoms with Gasteiger partial charge in [-0.15, -0.1) is 0 Å². The second-order valence-electron chi connectivity index (χ2n) is 6.45. The maximum atomic E-state index is 12.6. The molecule has 0 atom stereocenters. The largest absolute Gasteiger partial charge is 0.480 e. The topological polar surface area (TPSA) is 70.1 Å². The van der Waals surface area contributed by atoms with Gasteiger partial charge in [0.2, 0.25) is 0 Å². The lowest BCUT2D eigenvalue weighted by Gasteiger charge is -2.46. The first-order chi connectivity index (χ1) is 8.55. The van der Waals surface area contributed by atoms with Gasteiger partial charge in [0.25, 0.3) is 0 Å². The van der Waals surface area contributed by atoms with Crippen LogP contribution in [0.25, 0.3) is 0 Å². The zero-order valence-electron chi connectivity index (χ0n) is 12.4. The van der Waals surface area contributed by atoms with E-state index >= 15 is 0 Å². The molecule has 1 saturated heterocycles. The Morgan fingerprint density at radius 1 is 1.37 bits per heavy atom. The summed E-state index contributed by atoms with van der Waals surface area (Å²) in [5, 5.41) is 8.99. The molecule has 1 rings (SSSR count). The fourth-order valence-corrected chi connectivity index (χ4v) is 2.09. The highest BCUT2D eigenvalue weighted by Gasteiger charge is 2.39. The Balaban J connectivity index is 2.95. The van der Waals surface area contributed by atoms with E-state index in [0.717, 1.165) is 0 Å². The van der Waals surface area contributed by atoms with E-state index in [2.05, 4.69) is 0 Å². The van der Waals surface area contributed by atoms with E-state index < -0.39 is 17.0 Å². The summed E-state index contributed by atoms with van der Waals surface area (Å²) in [6.07, 6.45) is 0. The van der Waals surface area contributed by atoms with Crippen molar-refractivity contribution < 1.29 is 19.4 Å². The van der Waals surface area contributed by atoms with E-state index in [9.17, 15) is 9.59 Å². The van der Waals surface area contributed by atoms with Crippen LogP contribution in [0.4, 0.5) is 4.79 Å². The molecule has 6 heteroatoms. The van der Waals surface area contributed by atoms with Gasteiger partial charge in [-0.3, -0.25) is 4.79 Å². The van der Waals surface area contributed by atoms with Crippen molar-refractivity contribution in [2.45, 2.75) is 45.7 Å². The summed E-state index contributed by atoms with van der Waals surface area (Å²) in [7, 11) is 0. The fourth-order valence-electron chi connectivity index (χ4n) is 2.09. The molecule has 0 spiro atoms. The Morgan fingerprint density at radius 2 is 1.95 bits per heavy atom. The third-order valence-corrected chi connectivity index (χ3v) is 3.21. The number of carboxylic acid groups (broad SMARTS) is 1. The Morgan fingerprint density at radius 3 is 2.37 bits per heavy atom. The Bertz CT molecular complexity index is 360. The summed E-state index contributed by atoms with van der Waals surface area (Å²) in [4.78, 5) is 26.7. The number of ether oxygens (including phenoxy) is 1. The zero-order chi connectivity index (χ0) is 14.8. The van der Waals surface area contributed by atoms with Crippen LogP contribution in [0.3, 0.4) is 0 Å². The van der Waals surface area contributed by atoms with Crippen molar-refractivity contribution in [2.75, 3.05) is 26.3 Å². The zero-order valence-corrected chi connectivity index (χ0v) is 12.4. The summed E-state index contributed by atoms with van der Waals surface area (Å²) in [6, 6.07) is -0.247. The molecule has 1 fully saturated rings. The van der Waals surface area contributed by atoms with Crippen molar-refractivity contribution in [3.63, 3.8) is 0 Å². The van der Waals surface area contributed by atoms with Gasteiger partial charge in [0.05, 0.1) is 18.8 Å². The third-order valence-electron chi connectivity index (χ3n) is 3.21. The summed E-state index contributed by atoms with van der Waals surface area (Å²) in [5.41, 5.74) is -0.957. The summed E-state index contributed by atoms with van der Waals surface area (Å²) in [5.74, 6) is -1.01. The first-order valence-electron chi connectivity index (χ1n) is 6.44. The number of carbonyl (C=O) groups is 2. The van der Waals surface area contributed by atoms with Gasteiger partial charge in [-0.05, 0) is 34.6 Å². The van der Waals surface area contributed by atoms with Gasteiger partial charge in [0.15, 0.2) is 0 Å². The average molecular weight is 272 g/mol. The lowest BCUT2D eigenvalue weighted by atomic mass is 10.0. The molecule has 1 N–H and O–H groups in total. The molecule has 0 aromatic heterocycles. The van der Waals surface area contributed by atoms with E-state index in [4.69, 9.17) is 9.84 Å². The lowest BCUT2D eigenvalue weighted by Crippen LogP contribution is -2.62. The highest BCUT2D eigenvalue weighted by atomic mass is 16.5. The number of hydrogen-bond acceptors (Lipinski definition) is 3. The summed E-state index contributed by atoms with van der Waals surface area (Å²) < 4.78 is 5.38. The van der Waals surface area contributed by atoms with E-state index in [1.807, 2.05) is 34.6 Å². The number of amides is 2. The van der Waals surface area contributed by atoms with Crippen LogP contribution in [0, 0.1) is 0 Å². The SMILES string of the molecule is CC(C)(C)N(CC(=O)O)C(=O)N1CCOCC1(C)C. The van der Waals surface area contributed by atoms with Crippen LogP contribution in [-0.2, 0) is 9.53 Å². The lowest BCUT2D eigenvalue weighted by molar-refractivity contribution is -0.139. The van der Waals surface area contributed by atoms with Crippen LogP contribution >= 0.6 is 0 Å². The van der Waals surface area contributed by atoms with Gasteiger partial charge >= 0.3 is 12.0 Å². The number of aliphatic carboxylic acids is 1. The van der Waals surface area contributed by atoms with Crippen molar-refractivity contribution in [2.24, 2.45) is 0 Å². The molecule has 0 unspecified atom stereocenters. The molecule has 0 aromatic carbocycles. The molecule has 110 valence electrons. The summed E-state index contributed by atoms with van der Waals surface area (Å²) in [6.45, 7) is 10.5. The maximum absolute atomic E-state index is 12.6. The van der Waals surface area contributed by atoms with Gasteiger partial charge in [-0.25, -0.2) is 4.79 Å². The van der Waals surface area contributed by atoms with Crippen LogP contribution in [0.15, 0.2) is 0 Å². The third kappa shape index (κ3) is 3.83. The highest BCUT2D eigenvalue weighted by molar-refractivity contribution is 5.81. The van der Waals surface area contributed by atoms with E-state index in [1.54, 1.807) is 4.90 Å². The Labute approximate surface area is 114 Å². The predicted molar refractivity (Wildman–Crippen MR) is 71.1 cm³/mol. The molecule has 2 amide bonds. The van der Waals surface area contributed by atoms with Crippen LogP contribution in [0.2, 0.25) is 0 Å². The van der Waals surface area contributed by atoms with Gasteiger partial charge in [-0.1, -0.05) is 0 Å². The first kappa shape index (κ1) is 15.8. The number of nitrogens with zero attached hydrogens (tertiary/aromatic N) is 2. The average Bonchev–Trinajstić information content (AvgIpc) is 2.22. The number of hydrogen-bond donors (Lipinski definition) is 1. The smallest absolute Gasteiger partial charge is 0.323 e. The highest BCUT2D eigenvalue weighted by Crippen LogP contribution is 2.24. The van der Waals surface area contributed by atoms with Crippen molar-refractivity contribution >= 4 is 12.0 Å². The molecule has 0 saturated carbocycles. The molecule has 0 radical (unpaired) electrons. The quantitative estimate of drug-likeness (QED) is 0.825. The second kappa shape index (κ2) is 5.36. The molecule has 0 aromatic rings. The fraction of sp³-hybridized carbons (Fsp3) is 0.846. The molecule has 1 aliphatic rings. The second-order valence-corrected chi connectivity index (χ2v) is 6.45. The van der Waals surface area contributed by atoms with Crippen molar-refractivity contribution in [1.82, 2.24) is 9.80 Å². The standard InChI is InChI=1S/C13H24N2O4/c1-12(2,3)15(8-10(16)17)11(18)14-6-7-19-9-13(14,4)5/h6-9H2,1-5H3,(H,16,17). The molecule has 1 aliphatic heterocycles. The molecule has 19 heavy (non-hydrogen) atoms. The molecule has 0 aliphatic carbocycles. The predicted octanol–water partition coefficient (Wildman–Crippen LogP) is 1.40. The van der Waals surface area contributed by atoms with Gasteiger partial charge in [-0.2, -0.15) is 0 Å². The number of carboxylic acids is 1. The minimum atomic E-state index is -1.01. The normalized spacial score (nSPS) is 19.1. The molecule has 0 bridgehead atoms. The monoisotopic (exact) mass is 272 g/mol. The van der Waals surface area contributed by atoms with Crippen LogP contribution in [0.5, 0.6) is 0 Å². The number of carbonyl (C=O) groups excluding carboxylic acids is 1. The van der Waals surface area contributed by atoms with E-state index in [-0.39, 0.29) is 12.6 Å². The number of morpholine rings is 1. The maximum Gasteiger partial charge on any atom is 0.323 e. The minimum Gasteiger partial charge on any atom is -0.480 e. The van der Waals surface area contributed by atoms with Crippen LogP contribution < -0.4 is 0 Å². The Kier molecular flexibility index (Phi) is 4.45. The van der Waals surface area contributed by atoms with Gasteiger partial charge in [0, 0.05) is 12.1 Å². The van der Waals surface area contributed by atoms with E-state index in [1.165, 1.54) is 4.90 Å². The van der Waals surface area contributed by atoms with Gasteiger partial charge in [0.1, 0.15) is 6.54 Å². The van der Waals surface area contributed by atoms with Crippen molar-refractivity contribution in [3.05, 3.63) is 0 Å². The number of urea groups is 1. The van der Waals surface area contributed by atoms with Gasteiger partial charge < -0.3 is 19.6 Å². The Hall–Kier alpha value is -1.30. The van der Waals surface area contributed by atoms with Crippen LogP contribution in [-0.4, -0.2) is 64.3 Å². The van der Waals surface area contributed by atoms with Crippen molar-refractivity contribution in [1.29, 1.82) is 0 Å². The van der Waals surface area contributed by atoms with E-state index in [0.29, 0.717) is 19.8 Å². The van der Waals surface area contributed by atoms with Crippen molar-refractivity contribution in [3.8, 4) is 0 Å². The summed E-state index contributed by atoms with van der Waals surface area (Å²) >= 11 is 0. The number of rotatable bonds is 2. The molecule has 6 nitrogen and oxygen atoms in total. The molecular formula is C13H24N2O4. The molecule has 1 heterocycles. The first-order valence-corrected chi connectivity index (χ1v) is 6.44. The minimum absolute atomic E-state index is 0.247. The molecular weight excluding hydrogens is 248 g/mol. The van der Waals surface area contributed by atoms with Crippen LogP contribution in [0.1, 0.15) is 34.6 Å².